The van der Waals surface area contributed by atoms with Gasteiger partial charge in [-0.2, -0.15) is 0 Å². The molecule has 3 atom stereocenters. The van der Waals surface area contributed by atoms with Crippen molar-refractivity contribution in [3.8, 4) is 0 Å². The molecule has 2 aliphatic rings. The number of nitrogens with zero attached hydrogens (tertiary/aromatic N) is 5. The number of hydrogen-bond acceptors (Lipinski definition) is 8. The van der Waals surface area contributed by atoms with E-state index in [2.05, 4.69) is 15.0 Å². The summed E-state index contributed by atoms with van der Waals surface area (Å²) >= 11 is 0. The number of azide groups is 1. The minimum Gasteiger partial charge on any atom is -0.766 e. The Kier molecular flexibility index (Phi) is 7.52. The van der Waals surface area contributed by atoms with Crippen LogP contribution in [0.1, 0.15) is 11.8 Å². The van der Waals surface area contributed by atoms with Gasteiger partial charge in [0.05, 0.1) is 19.8 Å². The van der Waals surface area contributed by atoms with Gasteiger partial charge in [0.2, 0.25) is 7.75 Å². The molecule has 160 valence electrons. The number of ether oxygens (including phenoxy) is 2. The van der Waals surface area contributed by atoms with Crippen molar-refractivity contribution in [1.82, 2.24) is 20.4 Å². The van der Waals surface area contributed by atoms with E-state index in [9.17, 15) is 19.0 Å². The number of hydrogen-bond donors (Lipinski definition) is 2. The highest BCUT2D eigenvalue weighted by atomic mass is 31.2. The fraction of sp³-hybridized carbons (Fsp3) is 0.571. The minimum absolute atomic E-state index is 0. The molecule has 1 aromatic heterocycles. The molecule has 0 aliphatic carbocycles. The van der Waals surface area contributed by atoms with E-state index in [0.29, 0.717) is 0 Å². The van der Waals surface area contributed by atoms with Crippen molar-refractivity contribution in [3.63, 3.8) is 0 Å². The molecular weight excluding hydrogens is 409 g/mol. The van der Waals surface area contributed by atoms with Gasteiger partial charge in [0, 0.05) is 35.5 Å². The van der Waals surface area contributed by atoms with Gasteiger partial charge in [-0.05, 0) is 18.5 Å². The summed E-state index contributed by atoms with van der Waals surface area (Å²) in [5.41, 5.74) is 7.83. The molecule has 0 amide bonds. The number of rotatable bonds is 6. The maximum atomic E-state index is 12.3. The summed E-state index contributed by atoms with van der Waals surface area (Å²) < 4.78 is 30.4. The van der Waals surface area contributed by atoms with Crippen LogP contribution in [0.2, 0.25) is 0 Å². The summed E-state index contributed by atoms with van der Waals surface area (Å²) in [7, 11) is -4.34. The van der Waals surface area contributed by atoms with Gasteiger partial charge < -0.3 is 25.0 Å². The van der Waals surface area contributed by atoms with E-state index < -0.39 is 37.9 Å². The Morgan fingerprint density at radius 3 is 2.79 bits per heavy atom. The summed E-state index contributed by atoms with van der Waals surface area (Å²) in [6.45, 7) is 1.99. The molecule has 0 bridgehead atoms. The number of H-pyrrole nitrogens is 1. The molecule has 3 heterocycles. The summed E-state index contributed by atoms with van der Waals surface area (Å²) in [6.07, 6.45) is 0.651. The molecule has 1 fully saturated rings. The zero-order valence-electron chi connectivity index (χ0n) is 15.9. The number of aromatic amines is 1. The van der Waals surface area contributed by atoms with Crippen LogP contribution in [0, 0.1) is 6.92 Å². The molecule has 14 nitrogen and oxygen atoms in total. The van der Waals surface area contributed by atoms with Gasteiger partial charge >= 0.3 is 5.69 Å². The second kappa shape index (κ2) is 9.48. The predicted molar refractivity (Wildman–Crippen MR) is 99.1 cm³/mol. The minimum atomic E-state index is -4.34. The first kappa shape index (κ1) is 23.0. The Morgan fingerprint density at radius 2 is 2.14 bits per heavy atom. The van der Waals surface area contributed by atoms with Crippen molar-refractivity contribution in [2.45, 2.75) is 19.3 Å². The van der Waals surface area contributed by atoms with Crippen molar-refractivity contribution in [2.75, 3.05) is 32.9 Å². The molecule has 0 spiro atoms. The van der Waals surface area contributed by atoms with Crippen LogP contribution >= 0.6 is 7.75 Å². The van der Waals surface area contributed by atoms with Crippen LogP contribution in [-0.2, 0) is 18.6 Å². The first-order valence-electron chi connectivity index (χ1n) is 8.35. The number of quaternary nitrogens is 1. The Hall–Kier alpha value is -2.28. The SMILES string of the molecule is Cc1cn(C2C=C(N=[N+]=[N-])C(COP(=O)([O-])N3CCOCC3)O2)c(=O)[nH]c1=O.[NH4+]. The van der Waals surface area contributed by atoms with E-state index in [1.165, 1.54) is 19.2 Å². The van der Waals surface area contributed by atoms with Crippen LogP contribution in [0.25, 0.3) is 10.4 Å². The lowest BCUT2D eigenvalue weighted by molar-refractivity contribution is -0.217. The van der Waals surface area contributed by atoms with Crippen molar-refractivity contribution in [3.05, 3.63) is 54.8 Å². The van der Waals surface area contributed by atoms with Gasteiger partial charge in [0.15, 0.2) is 6.23 Å². The van der Waals surface area contributed by atoms with Crippen LogP contribution in [0.3, 0.4) is 0 Å². The first-order valence-corrected chi connectivity index (χ1v) is 9.84. The summed E-state index contributed by atoms with van der Waals surface area (Å²) in [4.78, 5) is 40.7. The zero-order valence-corrected chi connectivity index (χ0v) is 16.8. The highest BCUT2D eigenvalue weighted by Gasteiger charge is 2.31. The van der Waals surface area contributed by atoms with E-state index in [4.69, 9.17) is 19.5 Å². The molecule has 1 aromatic rings. The van der Waals surface area contributed by atoms with Gasteiger partial charge in [-0.1, -0.05) is 5.11 Å². The maximum absolute atomic E-state index is 12.3. The van der Waals surface area contributed by atoms with Gasteiger partial charge in [-0.25, -0.2) is 9.46 Å². The molecule has 3 rings (SSSR count). The zero-order chi connectivity index (χ0) is 20.3. The highest BCUT2D eigenvalue weighted by Crippen LogP contribution is 2.43. The Bertz CT molecular complexity index is 977. The molecule has 5 N–H and O–H groups in total. The fourth-order valence-electron chi connectivity index (χ4n) is 2.77. The fourth-order valence-corrected chi connectivity index (χ4v) is 3.91. The van der Waals surface area contributed by atoms with Crippen molar-refractivity contribution in [2.24, 2.45) is 5.11 Å². The molecule has 0 aromatic carbocycles. The quantitative estimate of drug-likeness (QED) is 0.273. The van der Waals surface area contributed by atoms with Crippen LogP contribution in [0.5, 0.6) is 0 Å². The number of morpholine rings is 1. The molecule has 1 saturated heterocycles. The standard InChI is InChI=1S/C14H19N6O7P.H3N/c1-9-7-20(14(22)16-13(9)21)12-6-10(17-18-15)11(27-12)8-26-28(23,24)19-2-4-25-5-3-19;/h6-7,11-12H,2-5,8H2,1H3,(H,23,24)(H,16,21,22);1H3. The Balaban J connectivity index is 0.00000300. The molecule has 15 heteroatoms. The second-order valence-corrected chi connectivity index (χ2v) is 7.87. The second-order valence-electron chi connectivity index (χ2n) is 6.11. The van der Waals surface area contributed by atoms with E-state index in [0.717, 1.165) is 9.24 Å². The Morgan fingerprint density at radius 1 is 1.45 bits per heavy atom. The average molecular weight is 431 g/mol. The van der Waals surface area contributed by atoms with Gasteiger partial charge in [0.1, 0.15) is 6.10 Å². The third-order valence-electron chi connectivity index (χ3n) is 4.25. The van der Waals surface area contributed by atoms with E-state index in [-0.39, 0.29) is 43.7 Å². The predicted octanol–water partition coefficient (Wildman–Crippen LogP) is 0.130. The summed E-state index contributed by atoms with van der Waals surface area (Å²) in [6, 6.07) is 0. The lowest BCUT2D eigenvalue weighted by atomic mass is 10.3. The smallest absolute Gasteiger partial charge is 0.330 e. The van der Waals surface area contributed by atoms with Crippen LogP contribution in [0.15, 0.2) is 32.7 Å². The Labute approximate surface area is 164 Å². The van der Waals surface area contributed by atoms with Crippen molar-refractivity contribution in [1.29, 1.82) is 0 Å². The number of nitrogens with one attached hydrogen (secondary N) is 1. The highest BCUT2D eigenvalue weighted by molar-refractivity contribution is 7.48. The van der Waals surface area contributed by atoms with Gasteiger partial charge in [-0.15, -0.1) is 0 Å². The monoisotopic (exact) mass is 431 g/mol. The molecule has 2 aliphatic heterocycles. The lowest BCUT2D eigenvalue weighted by Crippen LogP contribution is -2.38. The molecule has 3 unspecified atom stereocenters. The average Bonchev–Trinajstić information content (AvgIpc) is 3.07. The molecule has 0 saturated carbocycles. The van der Waals surface area contributed by atoms with Crippen molar-refractivity contribution >= 4 is 7.75 Å². The van der Waals surface area contributed by atoms with Crippen LogP contribution < -0.4 is 22.3 Å². The third kappa shape index (κ3) is 5.21. The van der Waals surface area contributed by atoms with Crippen molar-refractivity contribution < 1.29 is 23.5 Å². The largest absolute Gasteiger partial charge is 0.766 e. The maximum Gasteiger partial charge on any atom is 0.330 e. The van der Waals surface area contributed by atoms with Gasteiger partial charge in [-0.3, -0.25) is 18.9 Å². The van der Waals surface area contributed by atoms with E-state index in [1.807, 2.05) is 0 Å². The molecule has 0 radical (unpaired) electrons. The molecule has 29 heavy (non-hydrogen) atoms. The third-order valence-corrected chi connectivity index (χ3v) is 5.82. The lowest BCUT2D eigenvalue weighted by Gasteiger charge is -2.37. The van der Waals surface area contributed by atoms with E-state index >= 15 is 0 Å². The first-order chi connectivity index (χ1) is 13.3. The summed E-state index contributed by atoms with van der Waals surface area (Å²) in [5.74, 6) is 0. The van der Waals surface area contributed by atoms with Gasteiger partial charge in [0.25, 0.3) is 5.56 Å². The summed E-state index contributed by atoms with van der Waals surface area (Å²) in [5, 5.41) is 3.49. The topological polar surface area (TPSA) is 211 Å². The van der Waals surface area contributed by atoms with E-state index in [1.54, 1.807) is 0 Å². The normalized spacial score (nSPS) is 24.1. The van der Waals surface area contributed by atoms with Crippen LogP contribution in [0.4, 0.5) is 0 Å². The number of aromatic nitrogens is 2. The van der Waals surface area contributed by atoms with Crippen LogP contribution in [-0.4, -0.2) is 53.2 Å². The molecular formula is C14H22N7O7P. The number of aryl methyl sites for hydroxylation is 1.